The third-order valence-corrected chi connectivity index (χ3v) is 8.01. The van der Waals surface area contributed by atoms with Gasteiger partial charge in [0.2, 0.25) is 5.91 Å². The number of anilines is 1. The van der Waals surface area contributed by atoms with E-state index in [0.717, 1.165) is 42.6 Å². The quantitative estimate of drug-likeness (QED) is 0.338. The Hall–Kier alpha value is -2.84. The van der Waals surface area contributed by atoms with E-state index in [-0.39, 0.29) is 36.0 Å². The van der Waals surface area contributed by atoms with Crippen LogP contribution in [0.4, 0.5) is 5.69 Å². The van der Waals surface area contributed by atoms with Gasteiger partial charge in [-0.25, -0.2) is 4.98 Å². The van der Waals surface area contributed by atoms with E-state index in [0.29, 0.717) is 28.2 Å². The lowest BCUT2D eigenvalue weighted by atomic mass is 10.00. The van der Waals surface area contributed by atoms with Crippen molar-refractivity contribution in [3.63, 3.8) is 0 Å². The summed E-state index contributed by atoms with van der Waals surface area (Å²) in [5.41, 5.74) is 3.44. The van der Waals surface area contributed by atoms with Gasteiger partial charge in [0.05, 0.1) is 21.8 Å². The molecule has 10 heteroatoms. The summed E-state index contributed by atoms with van der Waals surface area (Å²) in [6.07, 6.45) is 3.98. The Bertz CT molecular complexity index is 1350. The Labute approximate surface area is 236 Å². The maximum Gasteiger partial charge on any atom is 0.265 e. The molecular formula is C28H27Cl3N4O3. The smallest absolute Gasteiger partial charge is 0.265 e. The number of benzene rings is 2. The number of fused-ring (bicyclic) bond motifs is 1. The Balaban J connectivity index is 1.39. The first-order valence-electron chi connectivity index (χ1n) is 12.4. The number of rotatable bonds is 7. The highest BCUT2D eigenvalue weighted by Gasteiger charge is 2.32. The highest BCUT2D eigenvalue weighted by atomic mass is 35.5. The van der Waals surface area contributed by atoms with Crippen LogP contribution in [0.2, 0.25) is 15.2 Å². The van der Waals surface area contributed by atoms with Crippen LogP contribution < -0.4 is 9.64 Å². The van der Waals surface area contributed by atoms with Gasteiger partial charge in [-0.15, -0.1) is 0 Å². The number of halogens is 3. The van der Waals surface area contributed by atoms with Gasteiger partial charge in [-0.2, -0.15) is 0 Å². The average Bonchev–Trinajstić information content (AvgIpc) is 3.43. The first-order chi connectivity index (χ1) is 18.3. The van der Waals surface area contributed by atoms with Crippen LogP contribution in [0, 0.1) is 0 Å². The summed E-state index contributed by atoms with van der Waals surface area (Å²) in [6, 6.07) is 14.8. The maximum atomic E-state index is 13.6. The lowest BCUT2D eigenvalue weighted by molar-refractivity contribution is -0.133. The van der Waals surface area contributed by atoms with Gasteiger partial charge in [0.15, 0.2) is 6.61 Å². The molecule has 7 nitrogen and oxygen atoms in total. The first-order valence-corrected chi connectivity index (χ1v) is 13.6. The number of amides is 2. The summed E-state index contributed by atoms with van der Waals surface area (Å²) in [6.45, 7) is 2.41. The van der Waals surface area contributed by atoms with Crippen LogP contribution in [0.25, 0.3) is 11.1 Å². The lowest BCUT2D eigenvalue weighted by Gasteiger charge is -2.35. The van der Waals surface area contributed by atoms with Crippen molar-refractivity contribution in [2.45, 2.75) is 18.9 Å². The van der Waals surface area contributed by atoms with Gasteiger partial charge in [-0.1, -0.05) is 59.1 Å². The normalized spacial score (nSPS) is 16.2. The second kappa shape index (κ2) is 11.5. The topological polar surface area (TPSA) is 66.0 Å². The minimum Gasteiger partial charge on any atom is -0.482 e. The SMILES string of the molecule is CN(C(=O)CN1C(=O)COc2cc(Cl)c(Cl)cc21)C(CN1CCCC1)c1ccc(-c2ccnc(Cl)c2)cc1. The fourth-order valence-corrected chi connectivity index (χ4v) is 5.42. The van der Waals surface area contributed by atoms with Gasteiger partial charge in [0, 0.05) is 25.9 Å². The van der Waals surface area contributed by atoms with Gasteiger partial charge < -0.3 is 14.5 Å². The zero-order chi connectivity index (χ0) is 26.8. The number of ether oxygens (including phenoxy) is 1. The molecule has 38 heavy (non-hydrogen) atoms. The third-order valence-electron chi connectivity index (χ3n) is 7.08. The number of hydrogen-bond donors (Lipinski definition) is 0. The van der Waals surface area contributed by atoms with Crippen molar-refractivity contribution in [2.24, 2.45) is 0 Å². The minimum absolute atomic E-state index is 0.131. The molecule has 0 N–H and O–H groups in total. The average molecular weight is 574 g/mol. The molecule has 198 valence electrons. The van der Waals surface area contributed by atoms with Gasteiger partial charge in [-0.3, -0.25) is 14.5 Å². The highest BCUT2D eigenvalue weighted by Crippen LogP contribution is 2.39. The van der Waals surface area contributed by atoms with Crippen LogP contribution in [-0.2, 0) is 9.59 Å². The Morgan fingerprint density at radius 1 is 1.03 bits per heavy atom. The van der Waals surface area contributed by atoms with Gasteiger partial charge >= 0.3 is 0 Å². The van der Waals surface area contributed by atoms with Crippen molar-refractivity contribution >= 4 is 52.3 Å². The second-order valence-electron chi connectivity index (χ2n) is 9.52. The number of nitrogens with zero attached hydrogens (tertiary/aromatic N) is 4. The molecule has 3 aromatic rings. The third kappa shape index (κ3) is 5.76. The summed E-state index contributed by atoms with van der Waals surface area (Å²) in [5, 5.41) is 1.05. The lowest BCUT2D eigenvalue weighted by Crippen LogP contribution is -2.47. The summed E-state index contributed by atoms with van der Waals surface area (Å²) < 4.78 is 5.53. The van der Waals surface area contributed by atoms with E-state index >= 15 is 0 Å². The molecule has 0 radical (unpaired) electrons. The van der Waals surface area contributed by atoms with Crippen LogP contribution in [0.5, 0.6) is 5.75 Å². The minimum atomic E-state index is -0.311. The zero-order valence-corrected chi connectivity index (χ0v) is 23.1. The largest absolute Gasteiger partial charge is 0.482 e. The molecule has 0 aliphatic carbocycles. The standard InChI is InChI=1S/C28H27Cl3N4O3/c1-33(27(36)16-35-23-13-21(29)22(30)14-25(23)38-17-28(35)37)24(15-34-10-2-3-11-34)19-6-4-18(5-7-19)20-8-9-32-26(31)12-20/h4-9,12-14,24H,2-3,10-11,15-17H2,1H3. The number of hydrogen-bond acceptors (Lipinski definition) is 5. The summed E-state index contributed by atoms with van der Waals surface area (Å²) >= 11 is 18.4. The van der Waals surface area contributed by atoms with E-state index in [1.807, 2.05) is 36.4 Å². The van der Waals surface area contributed by atoms with Gasteiger partial charge in [0.1, 0.15) is 17.4 Å². The molecular weight excluding hydrogens is 547 g/mol. The number of pyridine rings is 1. The van der Waals surface area contributed by atoms with Crippen LogP contribution in [0.1, 0.15) is 24.4 Å². The molecule has 2 amide bonds. The van der Waals surface area contributed by atoms with Crippen LogP contribution >= 0.6 is 34.8 Å². The molecule has 2 aliphatic rings. The predicted molar refractivity (Wildman–Crippen MR) is 150 cm³/mol. The van der Waals surface area contributed by atoms with E-state index in [2.05, 4.69) is 9.88 Å². The Morgan fingerprint density at radius 3 is 2.45 bits per heavy atom. The van der Waals surface area contributed by atoms with Crippen molar-refractivity contribution in [2.75, 3.05) is 44.7 Å². The van der Waals surface area contributed by atoms with E-state index in [1.54, 1.807) is 30.3 Å². The molecule has 1 fully saturated rings. The van der Waals surface area contributed by atoms with Gasteiger partial charge in [0.25, 0.3) is 5.91 Å². The summed E-state index contributed by atoms with van der Waals surface area (Å²) in [5.74, 6) is -0.0737. The van der Waals surface area contributed by atoms with Crippen molar-refractivity contribution in [1.82, 2.24) is 14.8 Å². The molecule has 3 heterocycles. The van der Waals surface area contributed by atoms with E-state index in [4.69, 9.17) is 39.5 Å². The van der Waals surface area contributed by atoms with Crippen molar-refractivity contribution in [3.8, 4) is 16.9 Å². The van der Waals surface area contributed by atoms with Crippen molar-refractivity contribution in [1.29, 1.82) is 0 Å². The first kappa shape index (κ1) is 26.8. The monoisotopic (exact) mass is 572 g/mol. The van der Waals surface area contributed by atoms with Crippen molar-refractivity contribution in [3.05, 3.63) is 75.5 Å². The highest BCUT2D eigenvalue weighted by molar-refractivity contribution is 6.42. The molecule has 2 aliphatic heterocycles. The summed E-state index contributed by atoms with van der Waals surface area (Å²) in [7, 11) is 1.79. The maximum absolute atomic E-state index is 13.6. The molecule has 0 saturated carbocycles. The number of likely N-dealkylation sites (tertiary alicyclic amines) is 1. The molecule has 0 spiro atoms. The molecule has 0 bridgehead atoms. The molecule has 1 saturated heterocycles. The Kier molecular flexibility index (Phi) is 8.09. The van der Waals surface area contributed by atoms with Crippen LogP contribution in [0.15, 0.2) is 54.7 Å². The predicted octanol–water partition coefficient (Wildman–Crippen LogP) is 5.73. The fraction of sp³-hybridized carbons (Fsp3) is 0.321. The number of carbonyl (C=O) groups excluding carboxylic acids is 2. The Morgan fingerprint density at radius 2 is 1.74 bits per heavy atom. The number of aromatic nitrogens is 1. The number of carbonyl (C=O) groups is 2. The molecule has 1 aromatic heterocycles. The molecule has 1 atom stereocenters. The van der Waals surface area contributed by atoms with E-state index in [1.165, 1.54) is 4.90 Å². The molecule has 2 aromatic carbocycles. The fourth-order valence-electron chi connectivity index (χ4n) is 4.93. The molecule has 1 unspecified atom stereocenters. The van der Waals surface area contributed by atoms with Gasteiger partial charge in [-0.05, 0) is 60.8 Å². The van der Waals surface area contributed by atoms with E-state index < -0.39 is 0 Å². The van der Waals surface area contributed by atoms with Crippen LogP contribution in [0.3, 0.4) is 0 Å². The number of likely N-dealkylation sites (N-methyl/N-ethyl adjacent to an activating group) is 1. The summed E-state index contributed by atoms with van der Waals surface area (Å²) in [4.78, 5) is 36.0. The molecule has 5 rings (SSSR count). The van der Waals surface area contributed by atoms with Crippen molar-refractivity contribution < 1.29 is 14.3 Å². The zero-order valence-electron chi connectivity index (χ0n) is 20.9. The second-order valence-corrected chi connectivity index (χ2v) is 10.7. The van der Waals surface area contributed by atoms with Crippen LogP contribution in [-0.4, -0.2) is 66.4 Å². The van der Waals surface area contributed by atoms with E-state index in [9.17, 15) is 9.59 Å².